The van der Waals surface area contributed by atoms with Crippen molar-refractivity contribution in [1.29, 1.82) is 0 Å². The Balaban J connectivity index is 1.09. The molecule has 2 N–H and O–H groups in total. The van der Waals surface area contributed by atoms with Crippen LogP contribution in [0.15, 0.2) is 47.4 Å². The van der Waals surface area contributed by atoms with Gasteiger partial charge in [-0.1, -0.05) is 6.07 Å². The Hall–Kier alpha value is -4.12. The molecule has 1 aliphatic carbocycles. The number of hydrogen-bond donors (Lipinski definition) is 2. The largest absolute Gasteiger partial charge is 0.508 e. The summed E-state index contributed by atoms with van der Waals surface area (Å²) in [6.45, 7) is 5.21. The number of anilines is 2. The van der Waals surface area contributed by atoms with E-state index in [1.54, 1.807) is 22.8 Å². The summed E-state index contributed by atoms with van der Waals surface area (Å²) < 4.78 is 17.1. The number of amides is 1. The Morgan fingerprint density at radius 3 is 2.27 bits per heavy atom. The van der Waals surface area contributed by atoms with Crippen LogP contribution in [-0.2, 0) is 4.79 Å². The number of benzene rings is 2. The second kappa shape index (κ2) is 10.5. The number of pyridine rings is 1. The highest BCUT2D eigenvalue weighted by Crippen LogP contribution is 2.38. The number of phenols is 1. The molecule has 3 aliphatic rings. The van der Waals surface area contributed by atoms with Crippen molar-refractivity contribution in [2.24, 2.45) is 0 Å². The van der Waals surface area contributed by atoms with E-state index in [9.17, 15) is 24.6 Å². The number of carbonyl (C=O) groups is 2. The summed E-state index contributed by atoms with van der Waals surface area (Å²) in [6.07, 6.45) is 3.15. The lowest BCUT2D eigenvalue weighted by atomic mass is 10.1. The molecular formula is C29H32FN5O5. The number of hydrogen-bond acceptors (Lipinski definition) is 7. The number of aromatic nitrogens is 1. The first kappa shape index (κ1) is 26.1. The van der Waals surface area contributed by atoms with Gasteiger partial charge >= 0.3 is 5.97 Å². The molecular weight excluding hydrogens is 517 g/mol. The van der Waals surface area contributed by atoms with Crippen LogP contribution < -0.4 is 15.2 Å². The fourth-order valence-electron chi connectivity index (χ4n) is 5.75. The summed E-state index contributed by atoms with van der Waals surface area (Å²) in [5.74, 6) is -1.60. The van der Waals surface area contributed by atoms with Crippen LogP contribution in [0, 0.1) is 5.82 Å². The van der Waals surface area contributed by atoms with E-state index in [1.807, 2.05) is 21.9 Å². The van der Waals surface area contributed by atoms with E-state index in [2.05, 4.69) is 9.80 Å². The highest BCUT2D eigenvalue weighted by atomic mass is 19.1. The number of piperazine rings is 2. The van der Waals surface area contributed by atoms with Gasteiger partial charge in [-0.25, -0.2) is 9.18 Å². The molecule has 40 heavy (non-hydrogen) atoms. The number of rotatable bonds is 6. The normalized spacial score (nSPS) is 18.4. The molecule has 0 bridgehead atoms. The molecule has 11 heteroatoms. The molecule has 210 valence electrons. The Kier molecular flexibility index (Phi) is 6.83. The molecule has 3 heterocycles. The topological polar surface area (TPSA) is 110 Å². The molecule has 0 unspecified atom stereocenters. The summed E-state index contributed by atoms with van der Waals surface area (Å²) in [4.78, 5) is 45.4. The van der Waals surface area contributed by atoms with Gasteiger partial charge in [0.1, 0.15) is 17.1 Å². The van der Waals surface area contributed by atoms with E-state index in [4.69, 9.17) is 0 Å². The van der Waals surface area contributed by atoms with Crippen LogP contribution in [0.3, 0.4) is 0 Å². The number of nitrogens with zero attached hydrogens (tertiary/aromatic N) is 5. The number of carbonyl (C=O) groups excluding carboxylic acids is 1. The first-order valence-electron chi connectivity index (χ1n) is 13.7. The number of fused-ring (bicyclic) bond motifs is 1. The lowest BCUT2D eigenvalue weighted by Gasteiger charge is -2.39. The van der Waals surface area contributed by atoms with E-state index >= 15 is 4.39 Å². The third-order valence-corrected chi connectivity index (χ3v) is 8.17. The van der Waals surface area contributed by atoms with Crippen molar-refractivity contribution in [1.82, 2.24) is 14.4 Å². The van der Waals surface area contributed by atoms with Crippen molar-refractivity contribution in [2.45, 2.75) is 18.9 Å². The zero-order chi connectivity index (χ0) is 28.0. The monoisotopic (exact) mass is 549 g/mol. The van der Waals surface area contributed by atoms with Gasteiger partial charge in [-0.3, -0.25) is 14.5 Å². The number of carboxylic acid groups (broad SMARTS) is 1. The minimum atomic E-state index is -1.31. The van der Waals surface area contributed by atoms with Gasteiger partial charge in [-0.05, 0) is 37.1 Å². The lowest BCUT2D eigenvalue weighted by molar-refractivity contribution is -0.132. The Labute approximate surface area is 230 Å². The molecule has 1 saturated carbocycles. The Morgan fingerprint density at radius 2 is 1.62 bits per heavy atom. The summed E-state index contributed by atoms with van der Waals surface area (Å²) in [7, 11) is 0. The molecule has 2 aromatic carbocycles. The zero-order valence-electron chi connectivity index (χ0n) is 22.1. The number of carboxylic acids is 1. The van der Waals surface area contributed by atoms with Crippen molar-refractivity contribution < 1.29 is 24.2 Å². The minimum absolute atomic E-state index is 0.0493. The van der Waals surface area contributed by atoms with Gasteiger partial charge < -0.3 is 29.5 Å². The zero-order valence-corrected chi connectivity index (χ0v) is 22.1. The predicted molar refractivity (Wildman–Crippen MR) is 149 cm³/mol. The SMILES string of the molecule is O=C(O)c1cn(C2CC2)c2cc(N3CCN(C(=O)CN4CCN(c5cccc(O)c5)CC4)CC3)c(F)cc2c1=O. The summed E-state index contributed by atoms with van der Waals surface area (Å²) in [6, 6.07) is 10.1. The number of phenolic OH excluding ortho intramolecular Hbond substituents is 1. The van der Waals surface area contributed by atoms with E-state index < -0.39 is 17.2 Å². The van der Waals surface area contributed by atoms with Crippen LogP contribution in [0.4, 0.5) is 15.8 Å². The molecule has 3 aromatic rings. The van der Waals surface area contributed by atoms with Crippen LogP contribution in [0.2, 0.25) is 0 Å². The van der Waals surface area contributed by atoms with Crippen molar-refractivity contribution in [3.05, 3.63) is 64.2 Å². The standard InChI is InChI=1S/C29H32FN5O5/c30-24-15-22-25(35(19-4-5-19)17-23(28(22)38)29(39)40)16-26(24)33-10-12-34(13-11-33)27(37)18-31-6-8-32(9-7-31)20-2-1-3-21(36)14-20/h1-3,14-17,19,36H,4-13,18H2,(H,39,40). The van der Waals surface area contributed by atoms with Gasteiger partial charge in [0.2, 0.25) is 11.3 Å². The molecule has 0 spiro atoms. The molecule has 10 nitrogen and oxygen atoms in total. The Morgan fingerprint density at radius 1 is 0.925 bits per heavy atom. The van der Waals surface area contributed by atoms with Crippen LogP contribution >= 0.6 is 0 Å². The van der Waals surface area contributed by atoms with Crippen LogP contribution in [0.1, 0.15) is 29.2 Å². The number of halogens is 1. The average molecular weight is 550 g/mol. The van der Waals surface area contributed by atoms with Crippen molar-refractivity contribution in [2.75, 3.05) is 68.7 Å². The fraction of sp³-hybridized carbons (Fsp3) is 0.414. The third-order valence-electron chi connectivity index (χ3n) is 8.17. The van der Waals surface area contributed by atoms with Gasteiger partial charge in [0.15, 0.2) is 0 Å². The van der Waals surface area contributed by atoms with Crippen molar-refractivity contribution in [3.8, 4) is 5.75 Å². The van der Waals surface area contributed by atoms with Crippen LogP contribution in [0.25, 0.3) is 10.9 Å². The molecule has 1 aromatic heterocycles. The van der Waals surface area contributed by atoms with Gasteiger partial charge in [0.05, 0.1) is 17.7 Å². The van der Waals surface area contributed by atoms with Crippen LogP contribution in [0.5, 0.6) is 5.75 Å². The first-order chi connectivity index (χ1) is 19.3. The Bertz CT molecular complexity index is 1520. The van der Waals surface area contributed by atoms with Crippen molar-refractivity contribution in [3.63, 3.8) is 0 Å². The number of aromatic carboxylic acids is 1. The molecule has 3 fully saturated rings. The minimum Gasteiger partial charge on any atom is -0.508 e. The van der Waals surface area contributed by atoms with Crippen LogP contribution in [-0.4, -0.2) is 95.4 Å². The first-order valence-corrected chi connectivity index (χ1v) is 13.7. The third kappa shape index (κ3) is 5.08. The average Bonchev–Trinajstić information content (AvgIpc) is 3.79. The lowest BCUT2D eigenvalue weighted by Crippen LogP contribution is -2.54. The maximum Gasteiger partial charge on any atom is 0.341 e. The summed E-state index contributed by atoms with van der Waals surface area (Å²) >= 11 is 0. The molecule has 2 aliphatic heterocycles. The van der Waals surface area contributed by atoms with Gasteiger partial charge in [-0.15, -0.1) is 0 Å². The van der Waals surface area contributed by atoms with Crippen molar-refractivity contribution >= 4 is 34.2 Å². The quantitative estimate of drug-likeness (QED) is 0.483. The highest BCUT2D eigenvalue weighted by molar-refractivity contribution is 5.93. The van der Waals surface area contributed by atoms with Gasteiger partial charge in [-0.2, -0.15) is 0 Å². The second-order valence-electron chi connectivity index (χ2n) is 10.8. The maximum absolute atomic E-state index is 15.3. The highest BCUT2D eigenvalue weighted by Gasteiger charge is 2.29. The molecule has 6 rings (SSSR count). The molecule has 1 amide bonds. The van der Waals surface area contributed by atoms with Gasteiger partial charge in [0.25, 0.3) is 0 Å². The molecule has 0 atom stereocenters. The fourth-order valence-corrected chi connectivity index (χ4v) is 5.75. The van der Waals surface area contributed by atoms with E-state index in [-0.39, 0.29) is 28.6 Å². The van der Waals surface area contributed by atoms with E-state index in [1.165, 1.54) is 6.20 Å². The summed E-state index contributed by atoms with van der Waals surface area (Å²) in [5, 5.41) is 19.3. The molecule has 2 saturated heterocycles. The van der Waals surface area contributed by atoms with E-state index in [0.29, 0.717) is 43.9 Å². The predicted octanol–water partition coefficient (Wildman–Crippen LogP) is 2.35. The van der Waals surface area contributed by atoms with Gasteiger partial charge in [0, 0.05) is 81.7 Å². The summed E-state index contributed by atoms with van der Waals surface area (Å²) in [5.41, 5.74) is 0.846. The second-order valence-corrected chi connectivity index (χ2v) is 10.8. The van der Waals surface area contributed by atoms with E-state index in [0.717, 1.165) is 50.8 Å². The molecule has 0 radical (unpaired) electrons. The smallest absolute Gasteiger partial charge is 0.341 e. The number of aromatic hydroxyl groups is 1. The maximum atomic E-state index is 15.3.